The molecule has 0 saturated heterocycles. The smallest absolute Gasteiger partial charge is 0.319 e. The van der Waals surface area contributed by atoms with Crippen LogP contribution in [-0.2, 0) is 9.53 Å². The van der Waals surface area contributed by atoms with Crippen LogP contribution in [-0.4, -0.2) is 30.1 Å². The first-order valence-electron chi connectivity index (χ1n) is 4.15. The molecule has 0 bridgehead atoms. The fraction of sp³-hybridized carbons (Fsp3) is 0.875. The van der Waals surface area contributed by atoms with Crippen LogP contribution >= 0.6 is 22.6 Å². The number of hydrogen-bond donors (Lipinski definition) is 1. The van der Waals surface area contributed by atoms with Gasteiger partial charge in [-0.3, -0.25) is 4.79 Å². The van der Waals surface area contributed by atoms with Crippen LogP contribution in [0.15, 0.2) is 0 Å². The zero-order valence-corrected chi connectivity index (χ0v) is 9.76. The Hall–Kier alpha value is 0.160. The van der Waals surface area contributed by atoms with Crippen molar-refractivity contribution >= 4 is 28.6 Å². The molecule has 0 fully saturated rings. The molecule has 0 aliphatic carbocycles. The van der Waals surface area contributed by atoms with Crippen molar-refractivity contribution in [2.75, 3.05) is 20.2 Å². The van der Waals surface area contributed by atoms with E-state index in [0.29, 0.717) is 6.54 Å². The topological polar surface area (TPSA) is 38.3 Å². The molecule has 12 heavy (non-hydrogen) atoms. The lowest BCUT2D eigenvalue weighted by Gasteiger charge is -2.08. The van der Waals surface area contributed by atoms with Gasteiger partial charge >= 0.3 is 5.97 Å². The van der Waals surface area contributed by atoms with Crippen molar-refractivity contribution in [2.24, 2.45) is 0 Å². The highest BCUT2D eigenvalue weighted by atomic mass is 127. The quantitative estimate of drug-likeness (QED) is 0.346. The Bertz CT molecular complexity index is 130. The number of rotatable bonds is 6. The molecule has 1 unspecified atom stereocenters. The van der Waals surface area contributed by atoms with Crippen molar-refractivity contribution in [3.8, 4) is 0 Å². The summed E-state index contributed by atoms with van der Waals surface area (Å²) >= 11 is 2.08. The molecule has 0 amide bonds. The van der Waals surface area contributed by atoms with Crippen molar-refractivity contribution < 1.29 is 9.53 Å². The molecule has 0 aromatic carbocycles. The van der Waals surface area contributed by atoms with Crippen LogP contribution in [0, 0.1) is 0 Å². The molecule has 0 aromatic heterocycles. The van der Waals surface area contributed by atoms with Gasteiger partial charge < -0.3 is 10.1 Å². The zero-order valence-electron chi connectivity index (χ0n) is 7.60. The second-order valence-corrected chi connectivity index (χ2v) is 4.05. The molecule has 0 radical (unpaired) electrons. The first-order chi connectivity index (χ1) is 5.72. The lowest BCUT2D eigenvalue weighted by molar-refractivity contribution is -0.139. The molecule has 0 aliphatic heterocycles. The second-order valence-electron chi connectivity index (χ2n) is 2.55. The van der Waals surface area contributed by atoms with Gasteiger partial charge in [-0.05, 0) is 13.0 Å². The van der Waals surface area contributed by atoms with Crippen LogP contribution < -0.4 is 5.32 Å². The minimum absolute atomic E-state index is 0.0653. The summed E-state index contributed by atoms with van der Waals surface area (Å²) in [6.45, 7) is 3.82. The van der Waals surface area contributed by atoms with Gasteiger partial charge in [0, 0.05) is 6.54 Å². The molecule has 0 saturated carbocycles. The number of carbonyl (C=O) groups is 1. The van der Waals surface area contributed by atoms with E-state index in [1.54, 1.807) is 0 Å². The third-order valence-corrected chi connectivity index (χ3v) is 2.44. The summed E-state index contributed by atoms with van der Waals surface area (Å²) in [5.41, 5.74) is 0. The molecule has 0 aliphatic rings. The molecule has 3 nitrogen and oxygen atoms in total. The van der Waals surface area contributed by atoms with Crippen molar-refractivity contribution in [1.82, 2.24) is 5.32 Å². The minimum Gasteiger partial charge on any atom is -0.468 e. The molecular weight excluding hydrogens is 269 g/mol. The highest BCUT2D eigenvalue weighted by Crippen LogP contribution is 2.00. The number of carbonyl (C=O) groups excluding carboxylic acids is 1. The second kappa shape index (κ2) is 7.79. The van der Waals surface area contributed by atoms with Crippen molar-refractivity contribution in [1.29, 1.82) is 0 Å². The normalized spacial score (nSPS) is 12.6. The Morgan fingerprint density at radius 1 is 1.67 bits per heavy atom. The summed E-state index contributed by atoms with van der Waals surface area (Å²) in [5, 5.41) is 3.19. The maximum Gasteiger partial charge on any atom is 0.319 e. The molecule has 1 atom stereocenters. The van der Waals surface area contributed by atoms with E-state index >= 15 is 0 Å². The Morgan fingerprint density at radius 3 is 2.83 bits per heavy atom. The van der Waals surface area contributed by atoms with Crippen LogP contribution in [0.2, 0.25) is 0 Å². The fourth-order valence-electron chi connectivity index (χ4n) is 0.742. The van der Waals surface area contributed by atoms with Crippen LogP contribution in [0.25, 0.3) is 0 Å². The van der Waals surface area contributed by atoms with Gasteiger partial charge in [-0.2, -0.15) is 0 Å². The average molecular weight is 285 g/mol. The summed E-state index contributed by atoms with van der Waals surface area (Å²) in [4.78, 5) is 10.9. The van der Waals surface area contributed by atoms with Gasteiger partial charge in [0.2, 0.25) is 0 Å². The molecule has 0 rings (SSSR count). The van der Waals surface area contributed by atoms with E-state index in [9.17, 15) is 4.79 Å². The van der Waals surface area contributed by atoms with E-state index in [1.807, 2.05) is 0 Å². The van der Waals surface area contributed by atoms with Crippen molar-refractivity contribution in [2.45, 2.75) is 23.7 Å². The highest BCUT2D eigenvalue weighted by Gasteiger charge is 2.13. The predicted molar refractivity (Wildman–Crippen MR) is 57.6 cm³/mol. The van der Waals surface area contributed by atoms with Gasteiger partial charge in [0.25, 0.3) is 0 Å². The SMILES string of the molecule is CCCCNCC(I)C(=O)OC. The number of nitrogens with one attached hydrogen (secondary N) is 1. The predicted octanol–water partition coefficient (Wildman–Crippen LogP) is 1.35. The lowest BCUT2D eigenvalue weighted by Crippen LogP contribution is -2.30. The number of alkyl halides is 1. The summed E-state index contributed by atoms with van der Waals surface area (Å²) in [6, 6.07) is 0. The molecule has 1 N–H and O–H groups in total. The summed E-state index contributed by atoms with van der Waals surface area (Å²) in [7, 11) is 1.42. The van der Waals surface area contributed by atoms with E-state index in [1.165, 1.54) is 13.5 Å². The lowest BCUT2D eigenvalue weighted by atomic mass is 10.3. The van der Waals surface area contributed by atoms with E-state index in [0.717, 1.165) is 13.0 Å². The van der Waals surface area contributed by atoms with E-state index in [4.69, 9.17) is 0 Å². The molecule has 4 heteroatoms. The van der Waals surface area contributed by atoms with Gasteiger partial charge in [0.15, 0.2) is 0 Å². The summed E-state index contributed by atoms with van der Waals surface area (Å²) in [6.07, 6.45) is 2.33. The number of halogens is 1. The summed E-state index contributed by atoms with van der Waals surface area (Å²) in [5.74, 6) is -0.153. The Labute approximate surface area is 87.4 Å². The third-order valence-electron chi connectivity index (χ3n) is 1.49. The largest absolute Gasteiger partial charge is 0.468 e. The number of ether oxygens (including phenoxy) is 1. The maximum absolute atomic E-state index is 10.9. The van der Waals surface area contributed by atoms with Crippen LogP contribution in [0.5, 0.6) is 0 Å². The van der Waals surface area contributed by atoms with Gasteiger partial charge in [-0.15, -0.1) is 0 Å². The van der Waals surface area contributed by atoms with Gasteiger partial charge in [-0.1, -0.05) is 35.9 Å². The number of methoxy groups -OCH3 is 1. The van der Waals surface area contributed by atoms with Crippen molar-refractivity contribution in [3.05, 3.63) is 0 Å². The highest BCUT2D eigenvalue weighted by molar-refractivity contribution is 14.1. The molecule has 0 heterocycles. The standard InChI is InChI=1S/C8H16INO2/c1-3-4-5-10-6-7(9)8(11)12-2/h7,10H,3-6H2,1-2H3. The van der Waals surface area contributed by atoms with Gasteiger partial charge in [0.05, 0.1) is 7.11 Å². The average Bonchev–Trinajstić information content (AvgIpc) is 2.10. The van der Waals surface area contributed by atoms with E-state index in [-0.39, 0.29) is 9.89 Å². The first-order valence-corrected chi connectivity index (χ1v) is 5.39. The van der Waals surface area contributed by atoms with Gasteiger partial charge in [-0.25, -0.2) is 0 Å². The number of hydrogen-bond acceptors (Lipinski definition) is 3. The first kappa shape index (κ1) is 12.2. The zero-order chi connectivity index (χ0) is 9.40. The van der Waals surface area contributed by atoms with E-state index in [2.05, 4.69) is 39.6 Å². The molecule has 0 aromatic rings. The van der Waals surface area contributed by atoms with Crippen LogP contribution in [0.1, 0.15) is 19.8 Å². The van der Waals surface area contributed by atoms with Crippen LogP contribution in [0.3, 0.4) is 0 Å². The Kier molecular flexibility index (Phi) is 7.89. The van der Waals surface area contributed by atoms with Crippen molar-refractivity contribution in [3.63, 3.8) is 0 Å². The Morgan fingerprint density at radius 2 is 2.33 bits per heavy atom. The maximum atomic E-state index is 10.9. The van der Waals surface area contributed by atoms with E-state index < -0.39 is 0 Å². The minimum atomic E-state index is -0.153. The Balaban J connectivity index is 3.31. The third kappa shape index (κ3) is 5.77. The molecule has 72 valence electrons. The molecular formula is C8H16INO2. The van der Waals surface area contributed by atoms with Crippen LogP contribution in [0.4, 0.5) is 0 Å². The monoisotopic (exact) mass is 285 g/mol. The van der Waals surface area contributed by atoms with Gasteiger partial charge in [0.1, 0.15) is 3.92 Å². The number of esters is 1. The number of unbranched alkanes of at least 4 members (excludes halogenated alkanes) is 1. The summed E-state index contributed by atoms with van der Waals surface area (Å²) < 4.78 is 4.52. The fourth-order valence-corrected chi connectivity index (χ4v) is 1.31. The molecule has 0 spiro atoms.